The number of carboxylic acid groups (broad SMARTS) is 1. The summed E-state index contributed by atoms with van der Waals surface area (Å²) in [5, 5.41) is 11.1. The van der Waals surface area contributed by atoms with Crippen molar-refractivity contribution in [2.45, 2.75) is 13.3 Å². The van der Waals surface area contributed by atoms with Gasteiger partial charge in [0, 0.05) is 18.7 Å². The molecule has 1 aliphatic rings. The summed E-state index contributed by atoms with van der Waals surface area (Å²) in [7, 11) is 1.41. The zero-order valence-electron chi connectivity index (χ0n) is 18.0. The van der Waals surface area contributed by atoms with Crippen LogP contribution in [0.25, 0.3) is 6.08 Å². The van der Waals surface area contributed by atoms with Crippen LogP contribution in [0.5, 0.6) is 11.5 Å². The number of thioether (sulfide) groups is 1. The molecule has 172 valence electrons. The first-order valence-electron chi connectivity index (χ1n) is 9.92. The van der Waals surface area contributed by atoms with E-state index in [2.05, 4.69) is 5.32 Å². The molecule has 0 unspecified atom stereocenters. The van der Waals surface area contributed by atoms with Crippen molar-refractivity contribution in [3.05, 3.63) is 58.5 Å². The van der Waals surface area contributed by atoms with E-state index in [1.165, 1.54) is 19.3 Å². The number of aryl methyl sites for hydroxylation is 1. The van der Waals surface area contributed by atoms with Crippen molar-refractivity contribution in [3.8, 4) is 11.5 Å². The van der Waals surface area contributed by atoms with E-state index in [0.717, 1.165) is 22.2 Å². The number of aliphatic carboxylic acids is 1. The lowest BCUT2D eigenvalue weighted by Gasteiger charge is -2.13. The monoisotopic (exact) mass is 470 g/mol. The second-order valence-electron chi connectivity index (χ2n) is 7.04. The molecule has 2 aromatic carbocycles. The third kappa shape index (κ3) is 6.13. The molecule has 0 saturated carbocycles. The summed E-state index contributed by atoms with van der Waals surface area (Å²) in [6.07, 6.45) is 1.50. The summed E-state index contributed by atoms with van der Waals surface area (Å²) in [4.78, 5) is 49.2. The Labute approximate surface area is 194 Å². The lowest BCUT2D eigenvalue weighted by atomic mass is 10.2. The lowest BCUT2D eigenvalue weighted by molar-refractivity contribution is -0.139. The summed E-state index contributed by atoms with van der Waals surface area (Å²) in [5.41, 5.74) is 2.16. The second-order valence-corrected chi connectivity index (χ2v) is 8.03. The molecule has 10 heteroatoms. The number of carbonyl (C=O) groups is 4. The van der Waals surface area contributed by atoms with Crippen LogP contribution in [0.1, 0.15) is 17.5 Å². The van der Waals surface area contributed by atoms with E-state index in [-0.39, 0.29) is 35.3 Å². The first-order chi connectivity index (χ1) is 15.8. The van der Waals surface area contributed by atoms with Gasteiger partial charge in [-0.25, -0.2) is 4.79 Å². The molecule has 0 atom stereocenters. The number of nitrogens with zero attached hydrogens (tertiary/aromatic N) is 1. The molecule has 0 aromatic heterocycles. The van der Waals surface area contributed by atoms with Crippen LogP contribution in [0.3, 0.4) is 0 Å². The Morgan fingerprint density at radius 3 is 2.61 bits per heavy atom. The number of carboxylic acids is 1. The number of nitrogens with one attached hydrogen (secondary N) is 1. The van der Waals surface area contributed by atoms with Gasteiger partial charge in [-0.1, -0.05) is 24.3 Å². The number of amides is 3. The molecule has 1 heterocycles. The predicted molar refractivity (Wildman–Crippen MR) is 123 cm³/mol. The number of carbonyl (C=O) groups excluding carboxylic acids is 3. The molecule has 2 aromatic rings. The number of imide groups is 1. The molecule has 3 amide bonds. The van der Waals surface area contributed by atoms with Crippen LogP contribution in [0.15, 0.2) is 47.4 Å². The summed E-state index contributed by atoms with van der Waals surface area (Å²) in [6, 6.07) is 12.0. The SMILES string of the molecule is COc1cc(/C=C2\SC(=O)N(CCC(=O)Nc3ccccc3C)C2=O)ccc1OCC(=O)O. The molecule has 9 nitrogen and oxygen atoms in total. The number of anilines is 1. The molecule has 0 bridgehead atoms. The maximum absolute atomic E-state index is 12.7. The molecule has 0 aliphatic carbocycles. The van der Waals surface area contributed by atoms with E-state index >= 15 is 0 Å². The highest BCUT2D eigenvalue weighted by molar-refractivity contribution is 8.18. The van der Waals surface area contributed by atoms with E-state index in [9.17, 15) is 19.2 Å². The fraction of sp³-hybridized carbons (Fsp3) is 0.217. The quantitative estimate of drug-likeness (QED) is 0.534. The van der Waals surface area contributed by atoms with Gasteiger partial charge < -0.3 is 19.9 Å². The van der Waals surface area contributed by atoms with Gasteiger partial charge in [0.15, 0.2) is 18.1 Å². The minimum absolute atomic E-state index is 0.0247. The van der Waals surface area contributed by atoms with Crippen LogP contribution >= 0.6 is 11.8 Å². The number of ether oxygens (including phenoxy) is 2. The highest BCUT2D eigenvalue weighted by Gasteiger charge is 2.35. The van der Waals surface area contributed by atoms with Crippen molar-refractivity contribution >= 4 is 46.5 Å². The topological polar surface area (TPSA) is 122 Å². The molecular weight excluding hydrogens is 448 g/mol. The standard InChI is InChI=1S/C23H22N2O7S/c1-14-5-3-4-6-16(14)24-20(26)9-10-25-22(29)19(33-23(25)30)12-15-7-8-17(18(11-15)31-2)32-13-21(27)28/h3-8,11-12H,9-10,13H2,1-2H3,(H,24,26)(H,27,28)/b19-12-. The molecule has 0 radical (unpaired) electrons. The van der Waals surface area contributed by atoms with Crippen LogP contribution in [0.2, 0.25) is 0 Å². The van der Waals surface area contributed by atoms with Crippen molar-refractivity contribution in [2.24, 2.45) is 0 Å². The molecule has 2 N–H and O–H groups in total. The van der Waals surface area contributed by atoms with Crippen LogP contribution < -0.4 is 14.8 Å². The number of methoxy groups -OCH3 is 1. The average molecular weight is 471 g/mol. The molecule has 3 rings (SSSR count). The van der Waals surface area contributed by atoms with Gasteiger partial charge in [-0.15, -0.1) is 0 Å². The maximum Gasteiger partial charge on any atom is 0.341 e. The van der Waals surface area contributed by atoms with Crippen molar-refractivity contribution < 1.29 is 33.8 Å². The second kappa shape index (κ2) is 10.7. The molecule has 0 spiro atoms. The largest absolute Gasteiger partial charge is 0.493 e. The average Bonchev–Trinajstić information content (AvgIpc) is 3.05. The number of hydrogen-bond donors (Lipinski definition) is 2. The van der Waals surface area contributed by atoms with Gasteiger partial charge >= 0.3 is 5.97 Å². The van der Waals surface area contributed by atoms with Gasteiger partial charge in [0.1, 0.15) is 0 Å². The zero-order valence-corrected chi connectivity index (χ0v) is 18.8. The summed E-state index contributed by atoms with van der Waals surface area (Å²) in [5.74, 6) is -1.38. The van der Waals surface area contributed by atoms with E-state index in [4.69, 9.17) is 14.6 Å². The number of rotatable bonds is 9. The van der Waals surface area contributed by atoms with E-state index < -0.39 is 23.7 Å². The Balaban J connectivity index is 1.65. The number of para-hydroxylation sites is 1. The highest BCUT2D eigenvalue weighted by atomic mass is 32.2. The highest BCUT2D eigenvalue weighted by Crippen LogP contribution is 2.34. The predicted octanol–water partition coefficient (Wildman–Crippen LogP) is 3.53. The Kier molecular flexibility index (Phi) is 7.73. The molecular formula is C23H22N2O7S. The van der Waals surface area contributed by atoms with Crippen molar-refractivity contribution in [1.82, 2.24) is 4.90 Å². The lowest BCUT2D eigenvalue weighted by Crippen LogP contribution is -2.31. The Bertz CT molecular complexity index is 1130. The van der Waals surface area contributed by atoms with Crippen LogP contribution in [-0.4, -0.2) is 53.3 Å². The summed E-state index contributed by atoms with van der Waals surface area (Å²) >= 11 is 0.784. The molecule has 1 saturated heterocycles. The first kappa shape index (κ1) is 23.9. The van der Waals surface area contributed by atoms with Crippen molar-refractivity contribution in [1.29, 1.82) is 0 Å². The fourth-order valence-electron chi connectivity index (χ4n) is 3.02. The number of hydrogen-bond acceptors (Lipinski definition) is 7. The zero-order chi connectivity index (χ0) is 24.0. The van der Waals surface area contributed by atoms with E-state index in [1.54, 1.807) is 18.2 Å². The smallest absolute Gasteiger partial charge is 0.341 e. The van der Waals surface area contributed by atoms with Crippen LogP contribution in [-0.2, 0) is 14.4 Å². The summed E-state index contributed by atoms with van der Waals surface area (Å²) < 4.78 is 10.4. The van der Waals surface area contributed by atoms with Gasteiger partial charge in [-0.05, 0) is 54.1 Å². The first-order valence-corrected chi connectivity index (χ1v) is 10.7. The van der Waals surface area contributed by atoms with Crippen molar-refractivity contribution in [3.63, 3.8) is 0 Å². The third-order valence-electron chi connectivity index (χ3n) is 4.69. The van der Waals surface area contributed by atoms with Crippen molar-refractivity contribution in [2.75, 3.05) is 25.6 Å². The van der Waals surface area contributed by atoms with Gasteiger partial charge in [-0.3, -0.25) is 19.3 Å². The van der Waals surface area contributed by atoms with E-state index in [1.807, 2.05) is 25.1 Å². The Hall–Kier alpha value is -3.79. The third-order valence-corrected chi connectivity index (χ3v) is 5.60. The van der Waals surface area contributed by atoms with Gasteiger partial charge in [-0.2, -0.15) is 0 Å². The minimum atomic E-state index is -1.12. The molecule has 1 aliphatic heterocycles. The molecule has 1 fully saturated rings. The Morgan fingerprint density at radius 2 is 1.91 bits per heavy atom. The molecule has 33 heavy (non-hydrogen) atoms. The Morgan fingerprint density at radius 1 is 1.15 bits per heavy atom. The minimum Gasteiger partial charge on any atom is -0.493 e. The maximum atomic E-state index is 12.7. The van der Waals surface area contributed by atoms with Crippen LogP contribution in [0.4, 0.5) is 10.5 Å². The van der Waals surface area contributed by atoms with Gasteiger partial charge in [0.2, 0.25) is 5.91 Å². The van der Waals surface area contributed by atoms with Crippen LogP contribution in [0, 0.1) is 6.92 Å². The van der Waals surface area contributed by atoms with E-state index in [0.29, 0.717) is 11.3 Å². The fourth-order valence-corrected chi connectivity index (χ4v) is 3.88. The number of benzene rings is 2. The van der Waals surface area contributed by atoms with Gasteiger partial charge in [0.25, 0.3) is 11.1 Å². The van der Waals surface area contributed by atoms with Gasteiger partial charge in [0.05, 0.1) is 12.0 Å². The normalized spacial score (nSPS) is 14.5. The summed E-state index contributed by atoms with van der Waals surface area (Å²) in [6.45, 7) is 1.31.